The number of nitro benzene ring substituents is 1. The molecule has 0 aromatic heterocycles. The molecule has 2 aromatic carbocycles. The highest BCUT2D eigenvalue weighted by Crippen LogP contribution is 2.15. The first kappa shape index (κ1) is 10.4. The van der Waals surface area contributed by atoms with E-state index in [9.17, 15) is 10.1 Å². The second-order valence-corrected chi connectivity index (χ2v) is 3.49. The zero-order chi connectivity index (χ0) is 11.4. The molecule has 79 valence electrons. The summed E-state index contributed by atoms with van der Waals surface area (Å²) in [5.74, 6) is 0. The van der Waals surface area contributed by atoms with Crippen molar-refractivity contribution in [3.63, 3.8) is 0 Å². The van der Waals surface area contributed by atoms with Crippen LogP contribution in [0.15, 0.2) is 48.5 Å². The van der Waals surface area contributed by atoms with E-state index < -0.39 is 0 Å². The van der Waals surface area contributed by atoms with Gasteiger partial charge < -0.3 is 0 Å². The van der Waals surface area contributed by atoms with Crippen LogP contribution in [-0.2, 0) is 6.42 Å². The molecule has 0 aliphatic heterocycles. The first-order valence-corrected chi connectivity index (χ1v) is 4.94. The lowest BCUT2D eigenvalue weighted by atomic mass is 10.0. The first-order valence-electron chi connectivity index (χ1n) is 4.94. The fraction of sp³-hybridized carbons (Fsp3) is 0.0769. The predicted molar refractivity (Wildman–Crippen MR) is 61.2 cm³/mol. The summed E-state index contributed by atoms with van der Waals surface area (Å²) in [4.78, 5) is 10.2. The van der Waals surface area contributed by atoms with Gasteiger partial charge in [-0.05, 0) is 29.7 Å². The molecule has 0 N–H and O–H groups in total. The summed E-state index contributed by atoms with van der Waals surface area (Å²) in [5.41, 5.74) is 2.07. The van der Waals surface area contributed by atoms with E-state index >= 15 is 0 Å². The average Bonchev–Trinajstić information content (AvgIpc) is 2.30. The van der Waals surface area contributed by atoms with Gasteiger partial charge in [0.05, 0.1) is 4.92 Å². The van der Waals surface area contributed by atoms with Crippen molar-refractivity contribution in [3.05, 3.63) is 75.8 Å². The Morgan fingerprint density at radius 1 is 1.19 bits per heavy atom. The van der Waals surface area contributed by atoms with Gasteiger partial charge in [0.15, 0.2) is 0 Å². The van der Waals surface area contributed by atoms with Gasteiger partial charge in [0.2, 0.25) is 0 Å². The Kier molecular flexibility index (Phi) is 2.96. The molecule has 0 spiro atoms. The van der Waals surface area contributed by atoms with Gasteiger partial charge in [0, 0.05) is 12.1 Å². The fourth-order valence-electron chi connectivity index (χ4n) is 1.53. The Bertz CT molecular complexity index is 494. The van der Waals surface area contributed by atoms with Gasteiger partial charge >= 0.3 is 0 Å². The van der Waals surface area contributed by atoms with Crippen LogP contribution in [0.2, 0.25) is 0 Å². The summed E-state index contributed by atoms with van der Waals surface area (Å²) in [5, 5.41) is 10.6. The van der Waals surface area contributed by atoms with Crippen LogP contribution in [0.25, 0.3) is 0 Å². The summed E-state index contributed by atoms with van der Waals surface area (Å²) >= 11 is 0. The Morgan fingerprint density at radius 2 is 1.94 bits per heavy atom. The van der Waals surface area contributed by atoms with E-state index in [0.29, 0.717) is 6.42 Å². The Labute approximate surface area is 93.5 Å². The smallest absolute Gasteiger partial charge is 0.258 e. The number of nitro groups is 1. The van der Waals surface area contributed by atoms with Crippen molar-refractivity contribution in [3.8, 4) is 0 Å². The van der Waals surface area contributed by atoms with Gasteiger partial charge in [0.1, 0.15) is 0 Å². The normalized spacial score (nSPS) is 10.0. The summed E-state index contributed by atoms with van der Waals surface area (Å²) in [6.07, 6.45) is 0.669. The fourth-order valence-corrected chi connectivity index (χ4v) is 1.53. The Hall–Kier alpha value is -2.16. The van der Waals surface area contributed by atoms with Crippen LogP contribution in [-0.4, -0.2) is 4.92 Å². The molecule has 0 saturated heterocycles. The molecule has 0 saturated carbocycles. The molecule has 0 aliphatic rings. The maximum atomic E-state index is 10.6. The average molecular weight is 212 g/mol. The molecule has 0 heterocycles. The minimum Gasteiger partial charge on any atom is -0.258 e. The molecule has 0 atom stereocenters. The molecular formula is C13H10NO2. The highest BCUT2D eigenvalue weighted by Gasteiger charge is 2.05. The standard InChI is InChI=1S/C13H10NO2/c15-14(16)13-8-4-7-12(10-13)9-11-5-2-1-3-6-11/h1-6,8,10H,9H2. The van der Waals surface area contributed by atoms with Crippen molar-refractivity contribution < 1.29 is 4.92 Å². The van der Waals surface area contributed by atoms with Crippen molar-refractivity contribution >= 4 is 5.69 Å². The number of nitrogens with zero attached hydrogens (tertiary/aromatic N) is 1. The van der Waals surface area contributed by atoms with Crippen LogP contribution in [0.3, 0.4) is 0 Å². The maximum Gasteiger partial charge on any atom is 0.269 e. The van der Waals surface area contributed by atoms with E-state index in [2.05, 4.69) is 6.07 Å². The van der Waals surface area contributed by atoms with Gasteiger partial charge in [-0.1, -0.05) is 30.3 Å². The van der Waals surface area contributed by atoms with Crippen molar-refractivity contribution in [2.75, 3.05) is 0 Å². The predicted octanol–water partition coefficient (Wildman–Crippen LogP) is 2.99. The third-order valence-electron chi connectivity index (χ3n) is 2.29. The van der Waals surface area contributed by atoms with Gasteiger partial charge in [0.25, 0.3) is 5.69 Å². The third kappa shape index (κ3) is 2.45. The summed E-state index contributed by atoms with van der Waals surface area (Å²) < 4.78 is 0. The van der Waals surface area contributed by atoms with Gasteiger partial charge in [-0.15, -0.1) is 0 Å². The van der Waals surface area contributed by atoms with Crippen molar-refractivity contribution in [2.45, 2.75) is 6.42 Å². The molecule has 0 amide bonds. The number of hydrogen-bond donors (Lipinski definition) is 0. The van der Waals surface area contributed by atoms with Gasteiger partial charge in [-0.3, -0.25) is 10.1 Å². The SMILES string of the molecule is O=[N+]([O-])c1cc[c]c(Cc2ccccc2)c1. The summed E-state index contributed by atoms with van der Waals surface area (Å²) in [6, 6.07) is 17.4. The molecule has 2 aromatic rings. The largest absolute Gasteiger partial charge is 0.269 e. The van der Waals surface area contributed by atoms with Crippen LogP contribution in [0.4, 0.5) is 5.69 Å². The lowest BCUT2D eigenvalue weighted by Crippen LogP contribution is -1.92. The first-order chi connectivity index (χ1) is 7.75. The number of hydrogen-bond acceptors (Lipinski definition) is 2. The maximum absolute atomic E-state index is 10.6. The zero-order valence-electron chi connectivity index (χ0n) is 8.59. The molecular weight excluding hydrogens is 202 g/mol. The lowest BCUT2D eigenvalue weighted by molar-refractivity contribution is -0.384. The summed E-state index contributed by atoms with van der Waals surface area (Å²) in [7, 11) is 0. The van der Waals surface area contributed by atoms with Gasteiger partial charge in [-0.25, -0.2) is 0 Å². The number of benzene rings is 2. The quantitative estimate of drug-likeness (QED) is 0.579. The molecule has 0 aliphatic carbocycles. The Morgan fingerprint density at radius 3 is 2.62 bits per heavy atom. The van der Waals surface area contributed by atoms with E-state index in [-0.39, 0.29) is 10.6 Å². The number of non-ortho nitro benzene ring substituents is 1. The van der Waals surface area contributed by atoms with Crippen LogP contribution < -0.4 is 0 Å². The van der Waals surface area contributed by atoms with Gasteiger partial charge in [-0.2, -0.15) is 0 Å². The highest BCUT2D eigenvalue weighted by atomic mass is 16.6. The molecule has 2 rings (SSSR count). The molecule has 16 heavy (non-hydrogen) atoms. The van der Waals surface area contributed by atoms with E-state index in [1.54, 1.807) is 12.1 Å². The van der Waals surface area contributed by atoms with Crippen molar-refractivity contribution in [1.82, 2.24) is 0 Å². The molecule has 0 bridgehead atoms. The monoisotopic (exact) mass is 212 g/mol. The molecule has 3 nitrogen and oxygen atoms in total. The van der Waals surface area contributed by atoms with Crippen molar-refractivity contribution in [1.29, 1.82) is 0 Å². The zero-order valence-corrected chi connectivity index (χ0v) is 8.59. The Balaban J connectivity index is 2.22. The van der Waals surface area contributed by atoms with E-state index in [1.807, 2.05) is 30.3 Å². The highest BCUT2D eigenvalue weighted by molar-refractivity contribution is 5.36. The van der Waals surface area contributed by atoms with E-state index in [1.165, 1.54) is 6.07 Å². The van der Waals surface area contributed by atoms with Crippen LogP contribution in [0, 0.1) is 16.2 Å². The minimum absolute atomic E-state index is 0.115. The van der Waals surface area contributed by atoms with Crippen LogP contribution in [0.5, 0.6) is 0 Å². The topological polar surface area (TPSA) is 43.1 Å². The van der Waals surface area contributed by atoms with Crippen LogP contribution >= 0.6 is 0 Å². The van der Waals surface area contributed by atoms with E-state index in [0.717, 1.165) is 11.1 Å². The second kappa shape index (κ2) is 4.57. The van der Waals surface area contributed by atoms with E-state index in [4.69, 9.17) is 0 Å². The summed E-state index contributed by atoms with van der Waals surface area (Å²) in [6.45, 7) is 0. The molecule has 0 unspecified atom stereocenters. The second-order valence-electron chi connectivity index (χ2n) is 3.49. The third-order valence-corrected chi connectivity index (χ3v) is 2.29. The van der Waals surface area contributed by atoms with Crippen LogP contribution in [0.1, 0.15) is 11.1 Å². The minimum atomic E-state index is -0.387. The van der Waals surface area contributed by atoms with Crippen molar-refractivity contribution in [2.24, 2.45) is 0 Å². The molecule has 1 radical (unpaired) electrons. The lowest BCUT2D eigenvalue weighted by Gasteiger charge is -2.00. The number of rotatable bonds is 3. The molecule has 3 heteroatoms. The molecule has 0 fully saturated rings.